The fraction of sp³-hybridized carbons (Fsp3) is 0.190. The number of hydrogen-bond donors (Lipinski definition) is 0. The van der Waals surface area contributed by atoms with Crippen molar-refractivity contribution in [1.82, 2.24) is 0 Å². The van der Waals surface area contributed by atoms with Gasteiger partial charge in [-0.25, -0.2) is 0 Å². The highest BCUT2D eigenvalue weighted by molar-refractivity contribution is 6.03. The number of hydrogen-bond acceptors (Lipinski definition) is 0. The Hall–Kier alpha value is -2.41. The molecule has 0 spiro atoms. The molecule has 1 heterocycles. The Morgan fingerprint density at radius 1 is 0.818 bits per heavy atom. The number of para-hydroxylation sites is 1. The maximum atomic E-state index is 2.29. The van der Waals surface area contributed by atoms with Crippen LogP contribution in [0.2, 0.25) is 0 Å². The molecule has 0 unspecified atom stereocenters. The van der Waals surface area contributed by atoms with E-state index in [1.54, 1.807) is 0 Å². The molecule has 1 heteroatoms. The number of benzene rings is 2. The summed E-state index contributed by atoms with van der Waals surface area (Å²) < 4.78 is 2.29. The Balaban J connectivity index is 1.85. The fourth-order valence-electron chi connectivity index (χ4n) is 3.18. The van der Waals surface area contributed by atoms with Crippen LogP contribution in [-0.2, 0) is 5.41 Å². The molecule has 2 aromatic rings. The Labute approximate surface area is 132 Å². The van der Waals surface area contributed by atoms with Gasteiger partial charge in [-0.15, -0.1) is 0 Å². The van der Waals surface area contributed by atoms with Crippen LogP contribution in [0.5, 0.6) is 0 Å². The molecule has 0 N–H and O–H groups in total. The normalized spacial score (nSPS) is 16.7. The van der Waals surface area contributed by atoms with Crippen molar-refractivity contribution in [2.45, 2.75) is 19.3 Å². The number of fused-ring (bicyclic) bond motifs is 1. The SMILES string of the molecule is C[N+]1=C(/C=C/C=C/c2ccccc2)C(C)(C)c2ccccc21. The van der Waals surface area contributed by atoms with Crippen LogP contribution in [0.25, 0.3) is 6.08 Å². The second kappa shape index (κ2) is 5.76. The van der Waals surface area contributed by atoms with Crippen molar-refractivity contribution in [1.29, 1.82) is 0 Å². The average molecular weight is 288 g/mol. The third kappa shape index (κ3) is 2.55. The van der Waals surface area contributed by atoms with E-state index in [4.69, 9.17) is 0 Å². The summed E-state index contributed by atoms with van der Waals surface area (Å²) in [5, 5.41) is 0. The maximum absolute atomic E-state index is 2.29. The van der Waals surface area contributed by atoms with Gasteiger partial charge in [0.1, 0.15) is 7.05 Å². The Morgan fingerprint density at radius 2 is 1.45 bits per heavy atom. The molecular formula is C21H22N+. The summed E-state index contributed by atoms with van der Waals surface area (Å²) in [6, 6.07) is 19.0. The Morgan fingerprint density at radius 3 is 2.18 bits per heavy atom. The third-order valence-corrected chi connectivity index (χ3v) is 4.39. The molecule has 110 valence electrons. The summed E-state index contributed by atoms with van der Waals surface area (Å²) in [4.78, 5) is 0. The first kappa shape index (κ1) is 14.5. The van der Waals surface area contributed by atoms with Crippen molar-refractivity contribution in [3.8, 4) is 0 Å². The molecule has 2 aromatic carbocycles. The van der Waals surface area contributed by atoms with Crippen molar-refractivity contribution in [3.05, 3.63) is 84.0 Å². The molecule has 0 aliphatic carbocycles. The van der Waals surface area contributed by atoms with E-state index in [2.05, 4.69) is 98.3 Å². The highest BCUT2D eigenvalue weighted by atomic mass is 15.0. The van der Waals surface area contributed by atoms with E-state index in [0.29, 0.717) is 0 Å². The highest BCUT2D eigenvalue weighted by Gasteiger charge is 2.42. The molecule has 3 rings (SSSR count). The first-order chi connectivity index (χ1) is 10.6. The molecule has 0 bridgehead atoms. The highest BCUT2D eigenvalue weighted by Crippen LogP contribution is 2.38. The van der Waals surface area contributed by atoms with Crippen LogP contribution in [0.4, 0.5) is 5.69 Å². The smallest absolute Gasteiger partial charge is 0.198 e. The summed E-state index contributed by atoms with van der Waals surface area (Å²) in [5.74, 6) is 0. The summed E-state index contributed by atoms with van der Waals surface area (Å²) in [6.45, 7) is 4.58. The number of rotatable bonds is 3. The molecule has 1 nitrogen and oxygen atoms in total. The van der Waals surface area contributed by atoms with E-state index in [0.717, 1.165) is 0 Å². The molecule has 1 aliphatic rings. The molecule has 0 saturated carbocycles. The van der Waals surface area contributed by atoms with E-state index >= 15 is 0 Å². The molecular weight excluding hydrogens is 266 g/mol. The minimum Gasteiger partial charge on any atom is -0.198 e. The van der Waals surface area contributed by atoms with E-state index < -0.39 is 0 Å². The zero-order valence-electron chi connectivity index (χ0n) is 13.5. The van der Waals surface area contributed by atoms with Crippen LogP contribution in [-0.4, -0.2) is 17.3 Å². The standard InChI is InChI=1S/C21H22N/c1-21(2)18-14-8-9-15-19(18)22(3)20(21)16-10-7-13-17-11-5-4-6-12-17/h4-16H,1-3H3/q+1/b13-7+,16-10+. The number of allylic oxidation sites excluding steroid dienone is 3. The lowest BCUT2D eigenvalue weighted by atomic mass is 9.81. The molecule has 0 fully saturated rings. The zero-order chi connectivity index (χ0) is 15.6. The molecule has 1 aliphatic heterocycles. The van der Waals surface area contributed by atoms with Crippen LogP contribution in [0, 0.1) is 0 Å². The van der Waals surface area contributed by atoms with Crippen LogP contribution >= 0.6 is 0 Å². The maximum Gasteiger partial charge on any atom is 0.209 e. The van der Waals surface area contributed by atoms with Gasteiger partial charge >= 0.3 is 0 Å². The van der Waals surface area contributed by atoms with Crippen LogP contribution in [0.1, 0.15) is 25.0 Å². The van der Waals surface area contributed by atoms with Crippen molar-refractivity contribution >= 4 is 17.5 Å². The van der Waals surface area contributed by atoms with Gasteiger partial charge < -0.3 is 0 Å². The minimum absolute atomic E-state index is 0.0441. The van der Waals surface area contributed by atoms with E-state index in [-0.39, 0.29) is 5.41 Å². The summed E-state index contributed by atoms with van der Waals surface area (Å²) >= 11 is 0. The second-order valence-corrected chi connectivity index (χ2v) is 6.22. The lowest BCUT2D eigenvalue weighted by Crippen LogP contribution is -2.26. The van der Waals surface area contributed by atoms with Crippen molar-refractivity contribution in [2.24, 2.45) is 0 Å². The van der Waals surface area contributed by atoms with Crippen molar-refractivity contribution in [2.75, 3.05) is 7.05 Å². The third-order valence-electron chi connectivity index (χ3n) is 4.39. The van der Waals surface area contributed by atoms with Gasteiger partial charge in [-0.1, -0.05) is 66.8 Å². The van der Waals surface area contributed by atoms with Crippen molar-refractivity contribution < 1.29 is 4.58 Å². The molecule has 0 aromatic heterocycles. The van der Waals surface area contributed by atoms with Gasteiger partial charge in [0.25, 0.3) is 0 Å². The minimum atomic E-state index is 0.0441. The van der Waals surface area contributed by atoms with Gasteiger partial charge in [-0.3, -0.25) is 0 Å². The van der Waals surface area contributed by atoms with Gasteiger partial charge in [0.15, 0.2) is 5.71 Å². The van der Waals surface area contributed by atoms with Gasteiger partial charge in [-0.05, 0) is 19.4 Å². The molecule has 0 atom stereocenters. The Bertz CT molecular complexity index is 762. The quantitative estimate of drug-likeness (QED) is 0.554. The first-order valence-corrected chi connectivity index (χ1v) is 7.71. The topological polar surface area (TPSA) is 3.01 Å². The summed E-state index contributed by atoms with van der Waals surface area (Å²) in [7, 11) is 2.15. The van der Waals surface area contributed by atoms with Crippen LogP contribution < -0.4 is 0 Å². The van der Waals surface area contributed by atoms with Crippen molar-refractivity contribution in [3.63, 3.8) is 0 Å². The van der Waals surface area contributed by atoms with E-state index in [1.807, 2.05) is 6.07 Å². The van der Waals surface area contributed by atoms with E-state index in [9.17, 15) is 0 Å². The fourth-order valence-corrected chi connectivity index (χ4v) is 3.18. The zero-order valence-corrected chi connectivity index (χ0v) is 13.5. The molecule has 0 saturated heterocycles. The first-order valence-electron chi connectivity index (χ1n) is 7.71. The molecule has 22 heavy (non-hydrogen) atoms. The van der Waals surface area contributed by atoms with E-state index in [1.165, 1.54) is 22.5 Å². The second-order valence-electron chi connectivity index (χ2n) is 6.22. The molecule has 0 radical (unpaired) electrons. The largest absolute Gasteiger partial charge is 0.209 e. The lowest BCUT2D eigenvalue weighted by Gasteiger charge is -2.14. The van der Waals surface area contributed by atoms with Gasteiger partial charge in [-0.2, -0.15) is 4.58 Å². The molecule has 0 amide bonds. The van der Waals surface area contributed by atoms with Crippen LogP contribution in [0.3, 0.4) is 0 Å². The van der Waals surface area contributed by atoms with Crippen LogP contribution in [0.15, 0.2) is 72.8 Å². The summed E-state index contributed by atoms with van der Waals surface area (Å²) in [6.07, 6.45) is 8.59. The summed E-state index contributed by atoms with van der Waals surface area (Å²) in [5.41, 5.74) is 5.29. The van der Waals surface area contributed by atoms with Gasteiger partial charge in [0.05, 0.1) is 5.41 Å². The van der Waals surface area contributed by atoms with Gasteiger partial charge in [0, 0.05) is 17.7 Å². The van der Waals surface area contributed by atoms with Gasteiger partial charge in [0.2, 0.25) is 5.69 Å². The Kier molecular flexibility index (Phi) is 3.81. The monoisotopic (exact) mass is 288 g/mol. The lowest BCUT2D eigenvalue weighted by molar-refractivity contribution is -0.401. The number of nitrogens with zero attached hydrogens (tertiary/aromatic N) is 1. The average Bonchev–Trinajstić information content (AvgIpc) is 2.73. The predicted octanol–water partition coefficient (Wildman–Crippen LogP) is 4.96. The predicted molar refractivity (Wildman–Crippen MR) is 94.9 cm³/mol.